The molecule has 1 aromatic carbocycles. The van der Waals surface area contributed by atoms with E-state index in [0.717, 1.165) is 16.5 Å². The van der Waals surface area contributed by atoms with E-state index in [1.165, 1.54) is 17.3 Å². The summed E-state index contributed by atoms with van der Waals surface area (Å²) in [5, 5.41) is 23.1. The number of aryl methyl sites for hydroxylation is 1. The first-order valence-corrected chi connectivity index (χ1v) is 12.2. The van der Waals surface area contributed by atoms with Gasteiger partial charge in [0.05, 0.1) is 26.4 Å². The van der Waals surface area contributed by atoms with Crippen LogP contribution >= 0.6 is 0 Å². The molecule has 3 aromatic rings. The molecular formula is C25H33N7O6. The maximum absolute atomic E-state index is 12.6. The molecule has 5 N–H and O–H groups in total. The van der Waals surface area contributed by atoms with Crippen LogP contribution in [0.4, 0.5) is 0 Å². The Balaban J connectivity index is 1.51. The second kappa shape index (κ2) is 13.3. The van der Waals surface area contributed by atoms with Gasteiger partial charge in [0.1, 0.15) is 11.7 Å². The van der Waals surface area contributed by atoms with Crippen LogP contribution in [0, 0.1) is 11.8 Å². The van der Waals surface area contributed by atoms with Crippen LogP contribution in [-0.4, -0.2) is 62.0 Å². The molecule has 0 spiro atoms. The summed E-state index contributed by atoms with van der Waals surface area (Å²) in [4.78, 5) is 52.0. The van der Waals surface area contributed by atoms with Crippen molar-refractivity contribution in [3.63, 3.8) is 0 Å². The molecule has 0 bridgehead atoms. The lowest BCUT2D eigenvalue weighted by Crippen LogP contribution is -2.43. The average Bonchev–Trinajstić information content (AvgIpc) is 3.55. The number of aromatic amines is 1. The molecule has 2 heterocycles. The second-order valence-corrected chi connectivity index (χ2v) is 9.24. The van der Waals surface area contributed by atoms with Gasteiger partial charge in [0.2, 0.25) is 17.7 Å². The summed E-state index contributed by atoms with van der Waals surface area (Å²) in [5.74, 6) is -2.62. The molecule has 1 unspecified atom stereocenters. The zero-order valence-electron chi connectivity index (χ0n) is 21.6. The third-order valence-corrected chi connectivity index (χ3v) is 6.19. The summed E-state index contributed by atoms with van der Waals surface area (Å²) >= 11 is 0. The summed E-state index contributed by atoms with van der Waals surface area (Å²) in [6.45, 7) is 3.91. The first-order valence-electron chi connectivity index (χ1n) is 12.2. The first-order chi connectivity index (χ1) is 18.2. The van der Waals surface area contributed by atoms with Crippen LogP contribution in [0.2, 0.25) is 0 Å². The average molecular weight is 528 g/mol. The van der Waals surface area contributed by atoms with Crippen molar-refractivity contribution in [3.8, 4) is 0 Å². The van der Waals surface area contributed by atoms with E-state index in [2.05, 4.69) is 25.9 Å². The van der Waals surface area contributed by atoms with E-state index in [9.17, 15) is 19.2 Å². The lowest BCUT2D eigenvalue weighted by atomic mass is 9.91. The fraction of sp³-hybridized carbons (Fsp3) is 0.440. The van der Waals surface area contributed by atoms with Gasteiger partial charge in [-0.3, -0.25) is 24.3 Å². The topological polar surface area (TPSA) is 180 Å². The number of esters is 1. The minimum atomic E-state index is -0.852. The minimum Gasteiger partial charge on any atom is -0.467 e. The van der Waals surface area contributed by atoms with Crippen LogP contribution in [-0.2, 0) is 43.4 Å². The van der Waals surface area contributed by atoms with Crippen LogP contribution in [0.1, 0.15) is 37.9 Å². The molecule has 204 valence electrons. The van der Waals surface area contributed by atoms with Gasteiger partial charge in [-0.2, -0.15) is 0 Å². The highest BCUT2D eigenvalue weighted by Gasteiger charge is 2.25. The highest BCUT2D eigenvalue weighted by atomic mass is 16.5. The molecule has 2 aromatic heterocycles. The molecule has 0 aliphatic rings. The molecule has 0 aliphatic heterocycles. The third-order valence-electron chi connectivity index (χ3n) is 6.19. The minimum absolute atomic E-state index is 0.0439. The Morgan fingerprint density at radius 1 is 1.16 bits per heavy atom. The van der Waals surface area contributed by atoms with Gasteiger partial charge >= 0.3 is 5.97 Å². The number of amides is 3. The standard InChI is InChI=1S/C25H33N7O6/c1-15(2)19(11-23(34)30-37)24(35)27-13-17-14-32(31-29-17)9-8-22(33)28-21(25(36)38-3)10-16-12-26-20-7-5-4-6-18(16)20/h4-7,12,14-15,19,21,26,37H,8-11,13H2,1-3H3,(H,27,35)(H,28,33)(H,30,34)/t19?,21-/m0/s1. The van der Waals surface area contributed by atoms with Crippen molar-refractivity contribution < 1.29 is 29.1 Å². The lowest BCUT2D eigenvalue weighted by molar-refractivity contribution is -0.145. The van der Waals surface area contributed by atoms with Crippen LogP contribution in [0.25, 0.3) is 10.9 Å². The maximum Gasteiger partial charge on any atom is 0.328 e. The van der Waals surface area contributed by atoms with Gasteiger partial charge < -0.3 is 20.4 Å². The van der Waals surface area contributed by atoms with Crippen molar-refractivity contribution in [2.75, 3.05) is 7.11 Å². The Bertz CT molecular complexity index is 1270. The van der Waals surface area contributed by atoms with Crippen molar-refractivity contribution in [1.82, 2.24) is 36.1 Å². The van der Waals surface area contributed by atoms with Gasteiger partial charge in [-0.05, 0) is 17.5 Å². The predicted molar refractivity (Wildman–Crippen MR) is 135 cm³/mol. The quantitative estimate of drug-likeness (QED) is 0.123. The first kappa shape index (κ1) is 28.3. The van der Waals surface area contributed by atoms with E-state index in [1.54, 1.807) is 6.20 Å². The normalized spacial score (nSPS) is 12.7. The molecule has 0 saturated heterocycles. The molecule has 0 fully saturated rings. The Labute approximate surface area is 219 Å². The number of hydrogen-bond donors (Lipinski definition) is 5. The van der Waals surface area contributed by atoms with Crippen molar-refractivity contribution in [1.29, 1.82) is 0 Å². The summed E-state index contributed by atoms with van der Waals surface area (Å²) in [6.07, 6.45) is 3.58. The molecule has 13 heteroatoms. The number of carbonyl (C=O) groups is 4. The number of ether oxygens (including phenoxy) is 1. The van der Waals surface area contributed by atoms with Crippen LogP contribution in [0.5, 0.6) is 0 Å². The summed E-state index contributed by atoms with van der Waals surface area (Å²) in [5.41, 5.74) is 3.83. The van der Waals surface area contributed by atoms with Crippen molar-refractivity contribution >= 4 is 34.6 Å². The molecule has 0 saturated carbocycles. The van der Waals surface area contributed by atoms with Gasteiger partial charge in [-0.25, -0.2) is 10.3 Å². The van der Waals surface area contributed by atoms with Crippen molar-refractivity contribution in [3.05, 3.63) is 47.9 Å². The van der Waals surface area contributed by atoms with Crippen LogP contribution in [0.3, 0.4) is 0 Å². The number of aromatic nitrogens is 4. The van der Waals surface area contributed by atoms with Gasteiger partial charge in [-0.1, -0.05) is 37.3 Å². The van der Waals surface area contributed by atoms with Crippen LogP contribution in [0.15, 0.2) is 36.7 Å². The summed E-state index contributed by atoms with van der Waals surface area (Å²) in [7, 11) is 1.27. The van der Waals surface area contributed by atoms with E-state index >= 15 is 0 Å². The number of fused-ring (bicyclic) bond motifs is 1. The number of methoxy groups -OCH3 is 1. The number of rotatable bonds is 13. The van der Waals surface area contributed by atoms with E-state index in [-0.39, 0.29) is 50.1 Å². The van der Waals surface area contributed by atoms with Gasteiger partial charge in [0.15, 0.2) is 0 Å². The number of nitrogens with one attached hydrogen (secondary N) is 4. The molecule has 0 aliphatic carbocycles. The Morgan fingerprint density at radius 3 is 2.63 bits per heavy atom. The van der Waals surface area contributed by atoms with Crippen LogP contribution < -0.4 is 16.1 Å². The molecule has 38 heavy (non-hydrogen) atoms. The second-order valence-electron chi connectivity index (χ2n) is 9.24. The number of hydrogen-bond acceptors (Lipinski definition) is 8. The smallest absolute Gasteiger partial charge is 0.328 e. The Hall–Kier alpha value is -4.26. The highest BCUT2D eigenvalue weighted by molar-refractivity contribution is 5.87. The van der Waals surface area contributed by atoms with Crippen molar-refractivity contribution in [2.45, 2.75) is 52.2 Å². The fourth-order valence-corrected chi connectivity index (χ4v) is 4.05. The number of nitrogens with zero attached hydrogens (tertiary/aromatic N) is 3. The third kappa shape index (κ3) is 7.62. The molecular weight excluding hydrogens is 494 g/mol. The largest absolute Gasteiger partial charge is 0.467 e. The van der Waals surface area contributed by atoms with E-state index in [4.69, 9.17) is 9.94 Å². The number of carbonyl (C=O) groups excluding carboxylic acids is 4. The van der Waals surface area contributed by atoms with Gasteiger partial charge in [0, 0.05) is 42.3 Å². The monoisotopic (exact) mass is 527 g/mol. The zero-order valence-corrected chi connectivity index (χ0v) is 21.6. The fourth-order valence-electron chi connectivity index (χ4n) is 4.05. The summed E-state index contributed by atoms with van der Waals surface area (Å²) < 4.78 is 6.35. The highest BCUT2D eigenvalue weighted by Crippen LogP contribution is 2.19. The number of H-pyrrole nitrogens is 1. The molecule has 3 rings (SSSR count). The van der Waals surface area contributed by atoms with Crippen molar-refractivity contribution in [2.24, 2.45) is 11.8 Å². The predicted octanol–water partition coefficient (Wildman–Crippen LogP) is 0.834. The summed E-state index contributed by atoms with van der Waals surface area (Å²) in [6, 6.07) is 6.84. The number of para-hydroxylation sites is 1. The van der Waals surface area contributed by atoms with Gasteiger partial charge in [-0.15, -0.1) is 5.10 Å². The van der Waals surface area contributed by atoms with E-state index in [1.807, 2.05) is 44.3 Å². The Kier molecular flexibility index (Phi) is 9.93. The Morgan fingerprint density at radius 2 is 1.92 bits per heavy atom. The van der Waals surface area contributed by atoms with E-state index in [0.29, 0.717) is 5.69 Å². The molecule has 3 amide bonds. The molecule has 0 radical (unpaired) electrons. The SMILES string of the molecule is COC(=O)[C@H](Cc1c[nH]c2ccccc12)NC(=O)CCn1cc(CNC(=O)C(CC(=O)NO)C(C)C)nn1. The maximum atomic E-state index is 12.6. The zero-order chi connectivity index (χ0) is 27.7. The van der Waals surface area contributed by atoms with Gasteiger partial charge in [0.25, 0.3) is 0 Å². The number of hydroxylamine groups is 1. The molecule has 2 atom stereocenters. The molecule has 13 nitrogen and oxygen atoms in total. The lowest BCUT2D eigenvalue weighted by Gasteiger charge is -2.18. The van der Waals surface area contributed by atoms with E-state index < -0.39 is 23.8 Å². The number of benzene rings is 1.